The van der Waals surface area contributed by atoms with E-state index >= 15 is 0 Å². The first-order valence-corrected chi connectivity index (χ1v) is 5.30. The smallest absolute Gasteiger partial charge is 0.0772 e. The molecule has 0 aromatic heterocycles. The predicted molar refractivity (Wildman–Crippen MR) is 36.8 cm³/mol. The zero-order valence-corrected chi connectivity index (χ0v) is 6.27. The first kappa shape index (κ1) is 7.50. The molecule has 0 aliphatic rings. The van der Waals surface area contributed by atoms with Crippen molar-refractivity contribution < 1.29 is 4.21 Å². The molecule has 0 amide bonds. The largest absolute Gasteiger partial charge is 0.248 e. The molecule has 0 aliphatic carbocycles. The van der Waals surface area contributed by atoms with Crippen LogP contribution in [0.4, 0.5) is 0 Å². The van der Waals surface area contributed by atoms with E-state index in [2.05, 4.69) is 6.92 Å². The van der Waals surface area contributed by atoms with Gasteiger partial charge >= 0.3 is 0 Å². The van der Waals surface area contributed by atoms with Gasteiger partial charge in [-0.3, -0.25) is 0 Å². The molecule has 0 heterocycles. The van der Waals surface area contributed by atoms with Crippen molar-refractivity contribution in [2.75, 3.05) is 12.0 Å². The highest BCUT2D eigenvalue weighted by molar-refractivity contribution is 8.68. The second kappa shape index (κ2) is 4.65. The van der Waals surface area contributed by atoms with Crippen LogP contribution in [0.1, 0.15) is 13.3 Å². The highest BCUT2D eigenvalue weighted by Crippen LogP contribution is 2.04. The topological polar surface area (TPSA) is 17.1 Å². The third kappa shape index (κ3) is 6.50. The minimum absolute atomic E-state index is 0.649. The lowest BCUT2D eigenvalue weighted by atomic mass is 10.6. The molecule has 0 saturated carbocycles. The highest BCUT2D eigenvalue weighted by atomic mass is 33.1. The van der Waals surface area contributed by atoms with Crippen molar-refractivity contribution in [1.29, 1.82) is 0 Å². The molecule has 1 nitrogen and oxygen atoms in total. The molecule has 0 saturated heterocycles. The Balaban J connectivity index is 2.82. The van der Waals surface area contributed by atoms with E-state index in [0.29, 0.717) is 0 Å². The van der Waals surface area contributed by atoms with Crippen LogP contribution in [-0.4, -0.2) is 16.2 Å². The summed E-state index contributed by atoms with van der Waals surface area (Å²) in [6.45, 7) is 2.08. The van der Waals surface area contributed by atoms with Gasteiger partial charge in [0.15, 0.2) is 0 Å². The lowest BCUT2D eigenvalue weighted by Gasteiger charge is -1.87. The summed E-state index contributed by atoms with van der Waals surface area (Å²) in [6.07, 6.45) is 2.82. The van der Waals surface area contributed by atoms with E-state index in [1.54, 1.807) is 6.26 Å². The van der Waals surface area contributed by atoms with Gasteiger partial charge in [0.1, 0.15) is 0 Å². The molecule has 0 aromatic rings. The quantitative estimate of drug-likeness (QED) is 0.549. The highest BCUT2D eigenvalue weighted by Gasteiger charge is 1.85. The van der Waals surface area contributed by atoms with Crippen LogP contribution in [0.15, 0.2) is 0 Å². The van der Waals surface area contributed by atoms with Crippen LogP contribution in [0.3, 0.4) is 0 Å². The minimum atomic E-state index is -0.649. The number of hydrogen-bond acceptors (Lipinski definition) is 2. The Morgan fingerprint density at radius 1 is 1.71 bits per heavy atom. The van der Waals surface area contributed by atoms with Crippen molar-refractivity contribution in [2.24, 2.45) is 0 Å². The van der Waals surface area contributed by atoms with Gasteiger partial charge in [-0.1, -0.05) is 17.7 Å². The van der Waals surface area contributed by atoms with Crippen LogP contribution >= 0.6 is 10.8 Å². The maximum absolute atomic E-state index is 10.3. The SMILES string of the molecule is CCCSS(C)=O. The van der Waals surface area contributed by atoms with Crippen LogP contribution in [0, 0.1) is 0 Å². The molecule has 0 aromatic carbocycles. The fourth-order valence-electron chi connectivity index (χ4n) is 0.201. The monoisotopic (exact) mass is 138 g/mol. The molecule has 1 unspecified atom stereocenters. The molecular formula is C4H10OS2. The second-order valence-electron chi connectivity index (χ2n) is 1.22. The molecule has 0 N–H and O–H groups in total. The van der Waals surface area contributed by atoms with E-state index in [4.69, 9.17) is 0 Å². The second-order valence-corrected chi connectivity index (χ2v) is 4.79. The summed E-state index contributed by atoms with van der Waals surface area (Å²) in [7, 11) is 0.855. The molecule has 7 heavy (non-hydrogen) atoms. The van der Waals surface area contributed by atoms with Gasteiger partial charge in [-0.2, -0.15) is 0 Å². The summed E-state index contributed by atoms with van der Waals surface area (Å²) in [6, 6.07) is 0. The summed E-state index contributed by atoms with van der Waals surface area (Å²) in [5.74, 6) is 1.02. The molecule has 0 bridgehead atoms. The van der Waals surface area contributed by atoms with Crippen LogP contribution in [0.2, 0.25) is 0 Å². The zero-order chi connectivity index (χ0) is 5.70. The number of hydrogen-bond donors (Lipinski definition) is 0. The van der Waals surface area contributed by atoms with Gasteiger partial charge < -0.3 is 0 Å². The fourth-order valence-corrected chi connectivity index (χ4v) is 1.81. The first-order chi connectivity index (χ1) is 3.27. The Bertz CT molecular complexity index is 62.7. The fraction of sp³-hybridized carbons (Fsp3) is 1.00. The van der Waals surface area contributed by atoms with Gasteiger partial charge in [-0.05, 0) is 6.42 Å². The Hall–Kier alpha value is 0.500. The van der Waals surface area contributed by atoms with Gasteiger partial charge in [-0.25, -0.2) is 4.21 Å². The van der Waals surface area contributed by atoms with Crippen molar-refractivity contribution in [1.82, 2.24) is 0 Å². The minimum Gasteiger partial charge on any atom is -0.248 e. The summed E-state index contributed by atoms with van der Waals surface area (Å²) in [5, 5.41) is 0. The van der Waals surface area contributed by atoms with E-state index in [1.165, 1.54) is 10.8 Å². The van der Waals surface area contributed by atoms with Crippen LogP contribution in [-0.2, 0) is 9.83 Å². The molecule has 0 spiro atoms. The van der Waals surface area contributed by atoms with E-state index < -0.39 is 9.83 Å². The standard InChI is InChI=1S/C4H10OS2/c1-3-4-6-7(2)5/h3-4H2,1-2H3. The van der Waals surface area contributed by atoms with Crippen molar-refractivity contribution in [3.05, 3.63) is 0 Å². The van der Waals surface area contributed by atoms with E-state index in [9.17, 15) is 4.21 Å². The maximum atomic E-state index is 10.3. The van der Waals surface area contributed by atoms with E-state index in [-0.39, 0.29) is 0 Å². The zero-order valence-electron chi connectivity index (χ0n) is 4.64. The van der Waals surface area contributed by atoms with Crippen LogP contribution < -0.4 is 0 Å². The molecule has 0 radical (unpaired) electrons. The van der Waals surface area contributed by atoms with E-state index in [0.717, 1.165) is 12.2 Å². The number of rotatable bonds is 3. The van der Waals surface area contributed by atoms with Crippen molar-refractivity contribution >= 4 is 20.6 Å². The molecular weight excluding hydrogens is 128 g/mol. The van der Waals surface area contributed by atoms with E-state index in [1.807, 2.05) is 0 Å². The van der Waals surface area contributed by atoms with Gasteiger partial charge in [0, 0.05) is 12.0 Å². The van der Waals surface area contributed by atoms with Crippen molar-refractivity contribution in [2.45, 2.75) is 13.3 Å². The van der Waals surface area contributed by atoms with Crippen molar-refractivity contribution in [3.63, 3.8) is 0 Å². The molecule has 0 rings (SSSR count). The molecule has 0 fully saturated rings. The lowest BCUT2D eigenvalue weighted by Crippen LogP contribution is -1.78. The van der Waals surface area contributed by atoms with Gasteiger partial charge in [0.05, 0.1) is 9.83 Å². The Morgan fingerprint density at radius 2 is 2.29 bits per heavy atom. The summed E-state index contributed by atoms with van der Waals surface area (Å²) < 4.78 is 10.3. The van der Waals surface area contributed by atoms with Crippen LogP contribution in [0.25, 0.3) is 0 Å². The summed E-state index contributed by atoms with van der Waals surface area (Å²) in [5.41, 5.74) is 0. The average molecular weight is 138 g/mol. The average Bonchev–Trinajstić information content (AvgIpc) is 1.61. The van der Waals surface area contributed by atoms with Gasteiger partial charge in [0.25, 0.3) is 0 Å². The van der Waals surface area contributed by atoms with Gasteiger partial charge in [0.2, 0.25) is 0 Å². The predicted octanol–water partition coefficient (Wildman–Crippen LogP) is 1.42. The maximum Gasteiger partial charge on any atom is 0.0772 e. The Morgan fingerprint density at radius 3 is 2.43 bits per heavy atom. The Kier molecular flexibility index (Phi) is 4.99. The molecule has 0 aliphatic heterocycles. The normalized spacial score (nSPS) is 14.0. The molecule has 1 atom stereocenters. The van der Waals surface area contributed by atoms with Gasteiger partial charge in [-0.15, -0.1) is 0 Å². The van der Waals surface area contributed by atoms with Crippen molar-refractivity contribution in [3.8, 4) is 0 Å². The Labute approximate surface area is 50.7 Å². The lowest BCUT2D eigenvalue weighted by molar-refractivity contribution is 0.694. The third-order valence-corrected chi connectivity index (χ3v) is 2.86. The summed E-state index contributed by atoms with van der Waals surface area (Å²) >= 11 is 0. The first-order valence-electron chi connectivity index (χ1n) is 2.24. The third-order valence-electron chi connectivity index (χ3n) is 0.453. The molecule has 44 valence electrons. The summed E-state index contributed by atoms with van der Waals surface area (Å²) in [4.78, 5) is 0. The molecule has 3 heteroatoms. The van der Waals surface area contributed by atoms with Crippen LogP contribution in [0.5, 0.6) is 0 Å².